The average molecular weight is 458 g/mol. The Balaban J connectivity index is 1.63. The van der Waals surface area contributed by atoms with Crippen molar-refractivity contribution in [1.82, 2.24) is 14.8 Å². The molecule has 0 saturated heterocycles. The van der Waals surface area contributed by atoms with Gasteiger partial charge in [0.2, 0.25) is 0 Å². The van der Waals surface area contributed by atoms with Gasteiger partial charge >= 0.3 is 6.03 Å². The van der Waals surface area contributed by atoms with E-state index in [2.05, 4.69) is 27.0 Å². The number of aromatic nitrogens is 3. The van der Waals surface area contributed by atoms with Crippen molar-refractivity contribution in [3.63, 3.8) is 0 Å². The molecule has 1 aliphatic rings. The van der Waals surface area contributed by atoms with Crippen molar-refractivity contribution in [3.05, 3.63) is 69.7 Å². The van der Waals surface area contributed by atoms with E-state index >= 15 is 0 Å². The minimum Gasteiger partial charge on any atom is -0.313 e. The van der Waals surface area contributed by atoms with Crippen LogP contribution in [-0.4, -0.2) is 20.8 Å². The maximum Gasteiger partial charge on any atom is 0.326 e. The Morgan fingerprint density at radius 1 is 1.06 bits per heavy atom. The van der Waals surface area contributed by atoms with Crippen molar-refractivity contribution in [2.24, 2.45) is 0 Å². The van der Waals surface area contributed by atoms with Crippen LogP contribution in [-0.2, 0) is 25.9 Å². The van der Waals surface area contributed by atoms with Crippen LogP contribution in [0.5, 0.6) is 0 Å². The highest BCUT2D eigenvalue weighted by Gasteiger charge is 2.22. The number of anilines is 2. The number of benzene rings is 2. The molecule has 0 unspecified atom stereocenters. The maximum absolute atomic E-state index is 13.3. The molecule has 1 N–H and O–H groups in total. The Morgan fingerprint density at radius 2 is 1.87 bits per heavy atom. The van der Waals surface area contributed by atoms with Gasteiger partial charge in [-0.3, -0.25) is 4.90 Å². The first-order valence-electron chi connectivity index (χ1n) is 10.6. The Labute approximate surface area is 192 Å². The van der Waals surface area contributed by atoms with Gasteiger partial charge in [-0.25, -0.2) is 4.79 Å². The van der Waals surface area contributed by atoms with Gasteiger partial charge in [0.25, 0.3) is 0 Å². The summed E-state index contributed by atoms with van der Waals surface area (Å²) < 4.78 is 2.16. The van der Waals surface area contributed by atoms with E-state index in [0.717, 1.165) is 49.6 Å². The molecule has 1 aromatic heterocycles. The van der Waals surface area contributed by atoms with E-state index < -0.39 is 0 Å². The molecule has 3 aromatic rings. The summed E-state index contributed by atoms with van der Waals surface area (Å²) in [5, 5.41) is 12.5. The third kappa shape index (κ3) is 5.02. The van der Waals surface area contributed by atoms with Gasteiger partial charge in [-0.1, -0.05) is 48.7 Å². The molecule has 0 aliphatic carbocycles. The standard InChI is InChI=1S/C23H25Cl2N5O/c1-2-16-7-10-18(11-8-16)30(23(31)26-17-9-12-19(24)20(25)14-17)15-22-28-27-21-6-4-3-5-13-29(21)22/h7-12,14H,2-6,13,15H2,1H3,(H,26,31). The minimum absolute atomic E-state index is 0.270. The Hall–Kier alpha value is -2.57. The van der Waals surface area contributed by atoms with Crippen LogP contribution in [0.15, 0.2) is 42.5 Å². The highest BCUT2D eigenvalue weighted by atomic mass is 35.5. The average Bonchev–Trinajstić information content (AvgIpc) is 3.00. The number of amides is 2. The molecular formula is C23H25Cl2N5O. The highest BCUT2D eigenvalue weighted by molar-refractivity contribution is 6.42. The number of carbonyl (C=O) groups excluding carboxylic acids is 1. The van der Waals surface area contributed by atoms with Gasteiger partial charge in [0, 0.05) is 24.3 Å². The number of hydrogen-bond donors (Lipinski definition) is 1. The third-order valence-electron chi connectivity index (χ3n) is 5.56. The Bertz CT molecular complexity index is 1060. The van der Waals surface area contributed by atoms with Gasteiger partial charge in [-0.15, -0.1) is 10.2 Å². The summed E-state index contributed by atoms with van der Waals surface area (Å²) in [4.78, 5) is 15.0. The fourth-order valence-corrected chi connectivity index (χ4v) is 4.06. The number of nitrogens with zero attached hydrogens (tertiary/aromatic N) is 4. The van der Waals surface area contributed by atoms with Gasteiger partial charge in [0.1, 0.15) is 5.82 Å². The van der Waals surface area contributed by atoms with Crippen molar-refractivity contribution < 1.29 is 4.79 Å². The predicted molar refractivity (Wildman–Crippen MR) is 125 cm³/mol. The number of fused-ring (bicyclic) bond motifs is 1. The van der Waals surface area contributed by atoms with E-state index in [9.17, 15) is 4.79 Å². The molecule has 2 aromatic carbocycles. The van der Waals surface area contributed by atoms with E-state index in [0.29, 0.717) is 22.3 Å². The molecule has 31 heavy (non-hydrogen) atoms. The van der Waals surface area contributed by atoms with Crippen molar-refractivity contribution in [1.29, 1.82) is 0 Å². The molecular weight excluding hydrogens is 433 g/mol. The number of rotatable bonds is 5. The van der Waals surface area contributed by atoms with Crippen LogP contribution in [0.2, 0.25) is 10.0 Å². The molecule has 0 fully saturated rings. The first-order valence-corrected chi connectivity index (χ1v) is 11.3. The van der Waals surface area contributed by atoms with Crippen molar-refractivity contribution >= 4 is 40.6 Å². The number of halogens is 2. The van der Waals surface area contributed by atoms with E-state index in [1.165, 1.54) is 12.0 Å². The van der Waals surface area contributed by atoms with Crippen LogP contribution in [0.4, 0.5) is 16.2 Å². The predicted octanol–water partition coefficient (Wildman–Crippen LogP) is 6.11. The first kappa shape index (κ1) is 21.7. The molecule has 162 valence electrons. The minimum atomic E-state index is -0.270. The molecule has 0 radical (unpaired) electrons. The smallest absolute Gasteiger partial charge is 0.313 e. The summed E-state index contributed by atoms with van der Waals surface area (Å²) >= 11 is 12.1. The summed E-state index contributed by atoms with van der Waals surface area (Å²) in [7, 11) is 0. The summed E-state index contributed by atoms with van der Waals surface area (Å²) in [5.41, 5.74) is 2.58. The largest absolute Gasteiger partial charge is 0.326 e. The van der Waals surface area contributed by atoms with Crippen molar-refractivity contribution in [3.8, 4) is 0 Å². The zero-order chi connectivity index (χ0) is 21.8. The fraction of sp³-hybridized carbons (Fsp3) is 0.348. The van der Waals surface area contributed by atoms with E-state index in [4.69, 9.17) is 23.2 Å². The van der Waals surface area contributed by atoms with Crippen molar-refractivity contribution in [2.75, 3.05) is 10.2 Å². The second-order valence-electron chi connectivity index (χ2n) is 7.66. The maximum atomic E-state index is 13.3. The van der Waals surface area contributed by atoms with Crippen LogP contribution in [0.3, 0.4) is 0 Å². The number of nitrogens with one attached hydrogen (secondary N) is 1. The monoisotopic (exact) mass is 457 g/mol. The van der Waals surface area contributed by atoms with E-state index in [1.54, 1.807) is 23.1 Å². The van der Waals surface area contributed by atoms with Crippen LogP contribution in [0.1, 0.15) is 43.4 Å². The van der Waals surface area contributed by atoms with Crippen molar-refractivity contribution in [2.45, 2.75) is 52.1 Å². The van der Waals surface area contributed by atoms with Crippen LogP contribution in [0, 0.1) is 0 Å². The van der Waals surface area contributed by atoms with Crippen LogP contribution >= 0.6 is 23.2 Å². The van der Waals surface area contributed by atoms with Crippen LogP contribution < -0.4 is 10.2 Å². The molecule has 4 rings (SSSR count). The normalized spacial score (nSPS) is 13.4. The SMILES string of the molecule is CCc1ccc(N(Cc2nnc3n2CCCCC3)C(=O)Nc2ccc(Cl)c(Cl)c2)cc1. The molecule has 8 heteroatoms. The van der Waals surface area contributed by atoms with E-state index in [1.807, 2.05) is 24.3 Å². The number of hydrogen-bond acceptors (Lipinski definition) is 3. The lowest BCUT2D eigenvalue weighted by Gasteiger charge is -2.23. The molecule has 6 nitrogen and oxygen atoms in total. The lowest BCUT2D eigenvalue weighted by molar-refractivity contribution is 0.256. The fourth-order valence-electron chi connectivity index (χ4n) is 3.76. The van der Waals surface area contributed by atoms with Gasteiger partial charge in [0.15, 0.2) is 5.82 Å². The zero-order valence-electron chi connectivity index (χ0n) is 17.4. The number of carbonyl (C=O) groups is 1. The molecule has 2 amide bonds. The summed E-state index contributed by atoms with van der Waals surface area (Å²) in [5.74, 6) is 1.79. The topological polar surface area (TPSA) is 63.1 Å². The second-order valence-corrected chi connectivity index (χ2v) is 8.47. The molecule has 0 spiro atoms. The molecule has 1 aliphatic heterocycles. The number of urea groups is 1. The quantitative estimate of drug-likeness (QED) is 0.502. The number of aryl methyl sites for hydroxylation is 2. The van der Waals surface area contributed by atoms with Gasteiger partial charge in [-0.05, 0) is 55.2 Å². The summed E-state index contributed by atoms with van der Waals surface area (Å²) in [6, 6.07) is 12.8. The highest BCUT2D eigenvalue weighted by Crippen LogP contribution is 2.26. The summed E-state index contributed by atoms with van der Waals surface area (Å²) in [6.07, 6.45) is 5.26. The van der Waals surface area contributed by atoms with E-state index in [-0.39, 0.29) is 6.03 Å². The lowest BCUT2D eigenvalue weighted by atomic mass is 10.1. The molecule has 0 bridgehead atoms. The van der Waals surface area contributed by atoms with Gasteiger partial charge in [0.05, 0.1) is 16.6 Å². The van der Waals surface area contributed by atoms with Gasteiger partial charge in [-0.2, -0.15) is 0 Å². The molecule has 0 saturated carbocycles. The van der Waals surface area contributed by atoms with Crippen LogP contribution in [0.25, 0.3) is 0 Å². The third-order valence-corrected chi connectivity index (χ3v) is 6.30. The molecule has 0 atom stereocenters. The lowest BCUT2D eigenvalue weighted by Crippen LogP contribution is -2.35. The van der Waals surface area contributed by atoms with Gasteiger partial charge < -0.3 is 9.88 Å². The first-order chi connectivity index (χ1) is 15.0. The Kier molecular flexibility index (Phi) is 6.78. The second kappa shape index (κ2) is 9.71. The molecule has 2 heterocycles. The Morgan fingerprint density at radius 3 is 2.61 bits per heavy atom. The summed E-state index contributed by atoms with van der Waals surface area (Å²) in [6.45, 7) is 3.32. The zero-order valence-corrected chi connectivity index (χ0v) is 19.0.